The van der Waals surface area contributed by atoms with Gasteiger partial charge in [0, 0.05) is 33.5 Å². The Kier molecular flexibility index (Phi) is 11.4. The van der Waals surface area contributed by atoms with Crippen LogP contribution in [0.2, 0.25) is 0 Å². The molecule has 0 heterocycles. The number of aliphatic carboxylic acids is 1. The summed E-state index contributed by atoms with van der Waals surface area (Å²) in [7, 11) is 0. The molecule has 0 spiro atoms. The van der Waals surface area contributed by atoms with Crippen LogP contribution in [-0.4, -0.2) is 48.4 Å². The number of carbonyl (C=O) groups excluding carboxylic acids is 3. The third-order valence-electron chi connectivity index (χ3n) is 4.78. The van der Waals surface area contributed by atoms with Crippen LogP contribution in [0.4, 0.5) is 11.4 Å². The molecule has 0 aromatic heterocycles. The van der Waals surface area contributed by atoms with Crippen molar-refractivity contribution in [2.24, 2.45) is 5.92 Å². The number of halogens is 3. The lowest BCUT2D eigenvalue weighted by Crippen LogP contribution is -2.37. The van der Waals surface area contributed by atoms with Crippen LogP contribution in [-0.2, 0) is 14.4 Å². The molecule has 0 fully saturated rings. The maximum absolute atomic E-state index is 13.2. The second-order valence-electron chi connectivity index (χ2n) is 6.69. The molecule has 0 radical (unpaired) electrons. The first-order chi connectivity index (χ1) is 14.4. The minimum absolute atomic E-state index is 0.0120. The molecule has 0 saturated heterocycles. The van der Waals surface area contributed by atoms with Gasteiger partial charge in [-0.05, 0) is 88.0 Å². The second kappa shape index (κ2) is 12.5. The van der Waals surface area contributed by atoms with E-state index < -0.39 is 17.8 Å². The van der Waals surface area contributed by atoms with Gasteiger partial charge in [-0.1, -0.05) is 6.92 Å². The van der Waals surface area contributed by atoms with E-state index in [2.05, 4.69) is 27.9 Å². The lowest BCUT2D eigenvalue weighted by molar-refractivity contribution is -0.141. The van der Waals surface area contributed by atoms with E-state index in [4.69, 9.17) is 0 Å². The number of hydrogen-bond acceptors (Lipinski definition) is 4. The highest BCUT2D eigenvalue weighted by Crippen LogP contribution is 2.42. The molecule has 0 aliphatic heterocycles. The molecule has 1 unspecified atom stereocenters. The number of anilines is 2. The molecular weight excluding hydrogens is 743 g/mol. The van der Waals surface area contributed by atoms with Crippen LogP contribution >= 0.6 is 67.8 Å². The molecule has 1 rings (SSSR count). The molecule has 0 aliphatic rings. The Hall–Kier alpha value is -0.710. The van der Waals surface area contributed by atoms with Gasteiger partial charge in [-0.2, -0.15) is 0 Å². The Morgan fingerprint density at radius 1 is 0.871 bits per heavy atom. The number of hydrogen-bond donors (Lipinski definition) is 2. The van der Waals surface area contributed by atoms with Crippen LogP contribution in [0.3, 0.4) is 0 Å². The van der Waals surface area contributed by atoms with Crippen LogP contribution in [0.25, 0.3) is 0 Å². The summed E-state index contributed by atoms with van der Waals surface area (Å²) in [5, 5.41) is 12.0. The molecule has 0 saturated carbocycles. The van der Waals surface area contributed by atoms with Gasteiger partial charge in [-0.3, -0.25) is 19.2 Å². The van der Waals surface area contributed by atoms with Gasteiger partial charge in [-0.15, -0.1) is 0 Å². The predicted octanol–water partition coefficient (Wildman–Crippen LogP) is 4.09. The molecule has 172 valence electrons. The first-order valence-corrected chi connectivity index (χ1v) is 13.0. The number of nitrogens with one attached hydrogen (secondary N) is 1. The standard InChI is InChI=1S/C20H26I3N3O5/c1-6-12(20(30)31)9-24-19(29)13-14(21)17(25(7-2)10(4)27)16(23)18(15(13)22)26(8-3)11(5)28/h12H,6-9H2,1-5H3,(H,24,29)(H,30,31). The van der Waals surface area contributed by atoms with E-state index in [1.807, 2.05) is 59.0 Å². The van der Waals surface area contributed by atoms with Crippen LogP contribution in [0.15, 0.2) is 0 Å². The molecular formula is C20H26I3N3O5. The number of carboxylic acid groups (broad SMARTS) is 1. The number of benzene rings is 1. The van der Waals surface area contributed by atoms with Gasteiger partial charge >= 0.3 is 5.97 Å². The van der Waals surface area contributed by atoms with Gasteiger partial charge in [0.05, 0.1) is 33.6 Å². The average molecular weight is 769 g/mol. The van der Waals surface area contributed by atoms with Crippen LogP contribution < -0.4 is 15.1 Å². The van der Waals surface area contributed by atoms with E-state index in [-0.39, 0.29) is 18.4 Å². The summed E-state index contributed by atoms with van der Waals surface area (Å²) in [5.74, 6) is -2.47. The van der Waals surface area contributed by atoms with Crippen molar-refractivity contribution in [3.8, 4) is 0 Å². The highest BCUT2D eigenvalue weighted by Gasteiger charge is 2.31. The summed E-state index contributed by atoms with van der Waals surface area (Å²) in [6.45, 7) is 9.11. The fraction of sp³-hybridized carbons (Fsp3) is 0.500. The van der Waals surface area contributed by atoms with E-state index in [0.717, 1.165) is 0 Å². The molecule has 8 nitrogen and oxygen atoms in total. The van der Waals surface area contributed by atoms with Gasteiger partial charge in [0.15, 0.2) is 0 Å². The fourth-order valence-electron chi connectivity index (χ4n) is 3.10. The Morgan fingerprint density at radius 3 is 1.58 bits per heavy atom. The third kappa shape index (κ3) is 6.42. The molecule has 3 amide bonds. The number of amides is 3. The van der Waals surface area contributed by atoms with E-state index in [1.54, 1.807) is 16.7 Å². The van der Waals surface area contributed by atoms with Crippen molar-refractivity contribution in [2.75, 3.05) is 29.4 Å². The van der Waals surface area contributed by atoms with Crippen molar-refractivity contribution < 1.29 is 24.3 Å². The lowest BCUT2D eigenvalue weighted by atomic mass is 10.1. The fourth-order valence-corrected chi connectivity index (χ4v) is 7.92. The van der Waals surface area contributed by atoms with Gasteiger partial charge in [0.25, 0.3) is 5.91 Å². The normalized spacial score (nSPS) is 11.6. The minimum atomic E-state index is -0.973. The highest BCUT2D eigenvalue weighted by atomic mass is 127. The Morgan fingerprint density at radius 2 is 1.29 bits per heavy atom. The zero-order chi connectivity index (χ0) is 24.0. The van der Waals surface area contributed by atoms with Crippen molar-refractivity contribution in [1.29, 1.82) is 0 Å². The van der Waals surface area contributed by atoms with Crippen molar-refractivity contribution in [3.05, 3.63) is 16.3 Å². The maximum Gasteiger partial charge on any atom is 0.308 e. The van der Waals surface area contributed by atoms with E-state index >= 15 is 0 Å². The van der Waals surface area contributed by atoms with Crippen molar-refractivity contribution in [3.63, 3.8) is 0 Å². The summed E-state index contributed by atoms with van der Waals surface area (Å²) in [6, 6.07) is 0. The zero-order valence-electron chi connectivity index (χ0n) is 18.0. The first kappa shape index (κ1) is 28.3. The van der Waals surface area contributed by atoms with Crippen LogP contribution in [0.1, 0.15) is 51.4 Å². The summed E-state index contributed by atoms with van der Waals surface area (Å²) in [4.78, 5) is 52.3. The molecule has 1 aromatic rings. The van der Waals surface area contributed by atoms with Gasteiger partial charge in [0.1, 0.15) is 0 Å². The summed E-state index contributed by atoms with van der Waals surface area (Å²) in [5.41, 5.74) is 1.47. The number of carboxylic acids is 1. The summed E-state index contributed by atoms with van der Waals surface area (Å²) in [6.07, 6.45) is 0.384. The van der Waals surface area contributed by atoms with Gasteiger partial charge < -0.3 is 20.2 Å². The van der Waals surface area contributed by atoms with Crippen molar-refractivity contribution in [2.45, 2.75) is 41.0 Å². The van der Waals surface area contributed by atoms with Crippen LogP contribution in [0.5, 0.6) is 0 Å². The molecule has 11 heteroatoms. The summed E-state index contributed by atoms with van der Waals surface area (Å²) < 4.78 is 1.86. The third-order valence-corrected chi connectivity index (χ3v) is 7.90. The smallest absolute Gasteiger partial charge is 0.308 e. The number of nitrogens with zero attached hydrogens (tertiary/aromatic N) is 2. The average Bonchev–Trinajstić information content (AvgIpc) is 2.67. The molecule has 0 aliphatic carbocycles. The molecule has 1 aromatic carbocycles. The monoisotopic (exact) mass is 769 g/mol. The molecule has 0 bridgehead atoms. The van der Waals surface area contributed by atoms with Crippen molar-refractivity contribution >= 4 is 103 Å². The SMILES string of the molecule is CCC(CNC(=O)c1c(I)c(N(CC)C(C)=O)c(I)c(N(CC)C(C)=O)c1I)C(=O)O. The zero-order valence-corrected chi connectivity index (χ0v) is 24.5. The topological polar surface area (TPSA) is 107 Å². The second-order valence-corrected chi connectivity index (χ2v) is 9.93. The Bertz CT molecular complexity index is 842. The maximum atomic E-state index is 13.2. The van der Waals surface area contributed by atoms with E-state index in [1.165, 1.54) is 13.8 Å². The molecule has 1 atom stereocenters. The Balaban J connectivity index is 3.77. The summed E-state index contributed by atoms with van der Waals surface area (Å²) >= 11 is 6.20. The van der Waals surface area contributed by atoms with Crippen LogP contribution in [0, 0.1) is 16.6 Å². The quantitative estimate of drug-likeness (QED) is 0.369. The van der Waals surface area contributed by atoms with E-state index in [9.17, 15) is 24.3 Å². The Labute approximate surface area is 223 Å². The predicted molar refractivity (Wildman–Crippen MR) is 146 cm³/mol. The molecule has 31 heavy (non-hydrogen) atoms. The van der Waals surface area contributed by atoms with Gasteiger partial charge in [0.2, 0.25) is 11.8 Å². The first-order valence-electron chi connectivity index (χ1n) is 9.71. The minimum Gasteiger partial charge on any atom is -0.481 e. The van der Waals surface area contributed by atoms with Crippen molar-refractivity contribution in [1.82, 2.24) is 5.32 Å². The largest absolute Gasteiger partial charge is 0.481 e. The van der Waals surface area contributed by atoms with Gasteiger partial charge in [-0.25, -0.2) is 0 Å². The highest BCUT2D eigenvalue weighted by molar-refractivity contribution is 14.1. The lowest BCUT2D eigenvalue weighted by Gasteiger charge is -2.30. The molecule has 2 N–H and O–H groups in total. The number of carbonyl (C=O) groups is 4. The number of rotatable bonds is 9. The van der Waals surface area contributed by atoms with E-state index in [0.29, 0.717) is 47.2 Å².